The fourth-order valence-corrected chi connectivity index (χ4v) is 2.81. The standard InChI is InChI=1S/C20H18N2O3/c1-3-10-22-19(24)16-9-8-14(11-17(16)20(22)25)18(23)21-12-15-7-5-4-6-13(15)2/h3-9,11H,1,10,12H2,2H3,(H,21,23). The molecule has 0 radical (unpaired) electrons. The summed E-state index contributed by atoms with van der Waals surface area (Å²) >= 11 is 0. The highest BCUT2D eigenvalue weighted by Gasteiger charge is 2.35. The van der Waals surface area contributed by atoms with E-state index in [1.807, 2.05) is 31.2 Å². The van der Waals surface area contributed by atoms with Gasteiger partial charge in [-0.05, 0) is 36.2 Å². The Bertz CT molecular complexity index is 886. The molecule has 0 aromatic heterocycles. The van der Waals surface area contributed by atoms with Crippen molar-refractivity contribution in [3.05, 3.63) is 82.9 Å². The summed E-state index contributed by atoms with van der Waals surface area (Å²) in [7, 11) is 0. The lowest BCUT2D eigenvalue weighted by Gasteiger charge is -2.09. The maximum absolute atomic E-state index is 12.4. The molecular weight excluding hydrogens is 316 g/mol. The topological polar surface area (TPSA) is 66.5 Å². The average Bonchev–Trinajstić information content (AvgIpc) is 2.85. The number of amides is 3. The number of benzene rings is 2. The molecular formula is C20H18N2O3. The van der Waals surface area contributed by atoms with Crippen LogP contribution in [-0.2, 0) is 6.54 Å². The molecule has 0 spiro atoms. The lowest BCUT2D eigenvalue weighted by Crippen LogP contribution is -2.29. The molecule has 2 aromatic carbocycles. The molecule has 1 aliphatic rings. The molecule has 0 saturated heterocycles. The van der Waals surface area contributed by atoms with Crippen LogP contribution in [0.4, 0.5) is 0 Å². The molecule has 25 heavy (non-hydrogen) atoms. The predicted molar refractivity (Wildman–Crippen MR) is 94.4 cm³/mol. The van der Waals surface area contributed by atoms with Crippen LogP contribution < -0.4 is 5.32 Å². The minimum Gasteiger partial charge on any atom is -0.348 e. The smallest absolute Gasteiger partial charge is 0.261 e. The molecule has 0 fully saturated rings. The van der Waals surface area contributed by atoms with Gasteiger partial charge in [0.25, 0.3) is 17.7 Å². The van der Waals surface area contributed by atoms with Crippen LogP contribution in [0.1, 0.15) is 42.2 Å². The molecule has 5 nitrogen and oxygen atoms in total. The lowest BCUT2D eigenvalue weighted by atomic mass is 10.0. The summed E-state index contributed by atoms with van der Waals surface area (Å²) in [5.41, 5.74) is 3.06. The van der Waals surface area contributed by atoms with Crippen LogP contribution in [0.15, 0.2) is 55.1 Å². The van der Waals surface area contributed by atoms with Gasteiger partial charge in [-0.25, -0.2) is 0 Å². The van der Waals surface area contributed by atoms with Crippen LogP contribution in [-0.4, -0.2) is 29.2 Å². The number of imide groups is 1. The highest BCUT2D eigenvalue weighted by Crippen LogP contribution is 2.24. The molecule has 1 N–H and O–H groups in total. The van der Waals surface area contributed by atoms with Crippen LogP contribution in [0.2, 0.25) is 0 Å². The van der Waals surface area contributed by atoms with E-state index >= 15 is 0 Å². The summed E-state index contributed by atoms with van der Waals surface area (Å²) in [5, 5.41) is 2.84. The summed E-state index contributed by atoms with van der Waals surface area (Å²) in [5.74, 6) is -1.03. The van der Waals surface area contributed by atoms with E-state index in [1.54, 1.807) is 6.07 Å². The minimum absolute atomic E-state index is 0.154. The van der Waals surface area contributed by atoms with Crippen molar-refractivity contribution in [3.63, 3.8) is 0 Å². The molecule has 0 saturated carbocycles. The first kappa shape index (κ1) is 16.6. The third kappa shape index (κ3) is 3.08. The number of rotatable bonds is 5. The molecule has 1 heterocycles. The van der Waals surface area contributed by atoms with Gasteiger partial charge in [0.05, 0.1) is 11.1 Å². The molecule has 0 atom stereocenters. The number of hydrogen-bond acceptors (Lipinski definition) is 3. The monoisotopic (exact) mass is 334 g/mol. The second-order valence-corrected chi connectivity index (χ2v) is 5.88. The van der Waals surface area contributed by atoms with Gasteiger partial charge in [0, 0.05) is 18.7 Å². The fourth-order valence-electron chi connectivity index (χ4n) is 2.81. The minimum atomic E-state index is -0.395. The quantitative estimate of drug-likeness (QED) is 0.675. The van der Waals surface area contributed by atoms with Crippen molar-refractivity contribution < 1.29 is 14.4 Å². The Balaban J connectivity index is 1.78. The van der Waals surface area contributed by atoms with Crippen LogP contribution in [0, 0.1) is 6.92 Å². The summed E-state index contributed by atoms with van der Waals surface area (Å²) in [6, 6.07) is 12.4. The van der Waals surface area contributed by atoms with Crippen molar-refractivity contribution in [2.45, 2.75) is 13.5 Å². The number of hydrogen-bond donors (Lipinski definition) is 1. The summed E-state index contributed by atoms with van der Waals surface area (Å²) in [6.07, 6.45) is 1.50. The third-order valence-corrected chi connectivity index (χ3v) is 4.25. The molecule has 0 unspecified atom stereocenters. The number of nitrogens with zero attached hydrogens (tertiary/aromatic N) is 1. The zero-order valence-corrected chi connectivity index (χ0v) is 13.9. The Hall–Kier alpha value is -3.21. The van der Waals surface area contributed by atoms with E-state index in [-0.39, 0.29) is 23.9 Å². The Kier molecular flexibility index (Phi) is 4.48. The summed E-state index contributed by atoms with van der Waals surface area (Å²) < 4.78 is 0. The first-order valence-electron chi connectivity index (χ1n) is 7.96. The maximum atomic E-state index is 12.4. The van der Waals surface area contributed by atoms with Gasteiger partial charge in [-0.15, -0.1) is 6.58 Å². The molecule has 126 valence electrons. The van der Waals surface area contributed by atoms with Gasteiger partial charge in [0.2, 0.25) is 0 Å². The molecule has 5 heteroatoms. The van der Waals surface area contributed by atoms with Gasteiger partial charge >= 0.3 is 0 Å². The van der Waals surface area contributed by atoms with E-state index in [0.717, 1.165) is 16.0 Å². The van der Waals surface area contributed by atoms with Crippen molar-refractivity contribution in [1.82, 2.24) is 10.2 Å². The van der Waals surface area contributed by atoms with Crippen LogP contribution >= 0.6 is 0 Å². The number of aryl methyl sites for hydroxylation is 1. The van der Waals surface area contributed by atoms with E-state index in [1.165, 1.54) is 18.2 Å². The van der Waals surface area contributed by atoms with Gasteiger partial charge in [0.15, 0.2) is 0 Å². The number of carbonyl (C=O) groups is 3. The molecule has 0 bridgehead atoms. The summed E-state index contributed by atoms with van der Waals surface area (Å²) in [4.78, 5) is 38.0. The van der Waals surface area contributed by atoms with Crippen molar-refractivity contribution >= 4 is 17.7 Å². The normalized spacial score (nSPS) is 12.9. The van der Waals surface area contributed by atoms with E-state index < -0.39 is 5.91 Å². The average molecular weight is 334 g/mol. The van der Waals surface area contributed by atoms with Crippen molar-refractivity contribution in [2.75, 3.05) is 6.54 Å². The largest absolute Gasteiger partial charge is 0.348 e. The Morgan fingerprint density at radius 3 is 2.56 bits per heavy atom. The Labute approximate surface area is 146 Å². The SMILES string of the molecule is C=CCN1C(=O)c2ccc(C(=O)NCc3ccccc3C)cc2C1=O. The van der Waals surface area contributed by atoms with Crippen molar-refractivity contribution in [2.24, 2.45) is 0 Å². The van der Waals surface area contributed by atoms with Gasteiger partial charge in [-0.1, -0.05) is 30.3 Å². The van der Waals surface area contributed by atoms with E-state index in [0.29, 0.717) is 17.7 Å². The Morgan fingerprint density at radius 2 is 1.84 bits per heavy atom. The van der Waals surface area contributed by atoms with E-state index in [2.05, 4.69) is 11.9 Å². The molecule has 3 amide bonds. The molecule has 1 aliphatic heterocycles. The molecule has 0 aliphatic carbocycles. The van der Waals surface area contributed by atoms with Crippen molar-refractivity contribution in [3.8, 4) is 0 Å². The number of carbonyl (C=O) groups excluding carboxylic acids is 3. The van der Waals surface area contributed by atoms with Crippen molar-refractivity contribution in [1.29, 1.82) is 0 Å². The van der Waals surface area contributed by atoms with Gasteiger partial charge < -0.3 is 5.32 Å². The predicted octanol–water partition coefficient (Wildman–Crippen LogP) is 2.71. The van der Waals surface area contributed by atoms with E-state index in [4.69, 9.17) is 0 Å². The van der Waals surface area contributed by atoms with Crippen LogP contribution in [0.25, 0.3) is 0 Å². The third-order valence-electron chi connectivity index (χ3n) is 4.25. The van der Waals surface area contributed by atoms with Gasteiger partial charge in [-0.2, -0.15) is 0 Å². The van der Waals surface area contributed by atoms with Crippen LogP contribution in [0.5, 0.6) is 0 Å². The first-order chi connectivity index (χ1) is 12.0. The second kappa shape index (κ2) is 6.73. The zero-order chi connectivity index (χ0) is 18.0. The summed E-state index contributed by atoms with van der Waals surface area (Å²) in [6.45, 7) is 6.09. The van der Waals surface area contributed by atoms with Gasteiger partial charge in [-0.3, -0.25) is 19.3 Å². The fraction of sp³-hybridized carbons (Fsp3) is 0.150. The molecule has 2 aromatic rings. The van der Waals surface area contributed by atoms with Crippen LogP contribution in [0.3, 0.4) is 0 Å². The second-order valence-electron chi connectivity index (χ2n) is 5.88. The Morgan fingerprint density at radius 1 is 1.12 bits per heavy atom. The highest BCUT2D eigenvalue weighted by molar-refractivity contribution is 6.22. The highest BCUT2D eigenvalue weighted by atomic mass is 16.2. The lowest BCUT2D eigenvalue weighted by molar-refractivity contribution is 0.0672. The number of nitrogens with one attached hydrogen (secondary N) is 1. The number of fused-ring (bicyclic) bond motifs is 1. The van der Waals surface area contributed by atoms with Gasteiger partial charge in [0.1, 0.15) is 0 Å². The molecule has 3 rings (SSSR count). The maximum Gasteiger partial charge on any atom is 0.261 e. The van der Waals surface area contributed by atoms with E-state index in [9.17, 15) is 14.4 Å². The first-order valence-corrected chi connectivity index (χ1v) is 7.96. The zero-order valence-electron chi connectivity index (χ0n) is 13.9.